The molecule has 1 aliphatic rings. The van der Waals surface area contributed by atoms with Gasteiger partial charge in [0.25, 0.3) is 12.1 Å². The average Bonchev–Trinajstić information content (AvgIpc) is 3.00. The largest absolute Gasteiger partial charge is 1.00 e. The summed E-state index contributed by atoms with van der Waals surface area (Å²) >= 11 is 0. The summed E-state index contributed by atoms with van der Waals surface area (Å²) in [6.45, 7) is 2.41. The van der Waals surface area contributed by atoms with Crippen LogP contribution in [0.2, 0.25) is 0 Å². The number of rotatable bonds is 4. The van der Waals surface area contributed by atoms with Gasteiger partial charge in [0.15, 0.2) is 0 Å². The number of benzene rings is 2. The zero-order valence-corrected chi connectivity index (χ0v) is 19.7. The summed E-state index contributed by atoms with van der Waals surface area (Å²) in [6, 6.07) is 19.8. The Bertz CT molecular complexity index is 1080. The van der Waals surface area contributed by atoms with E-state index in [1.807, 2.05) is 55.5 Å². The molecule has 1 aromatic heterocycles. The minimum absolute atomic E-state index is 0. The molecule has 30 heavy (non-hydrogen) atoms. The number of quaternary nitrogens is 1. The van der Waals surface area contributed by atoms with Crippen LogP contribution < -0.4 is 61.5 Å². The molecular weight excluding hydrogens is 415 g/mol. The van der Waals surface area contributed by atoms with Crippen molar-refractivity contribution in [3.8, 4) is 11.1 Å². The van der Waals surface area contributed by atoms with Crippen LogP contribution in [0, 0.1) is 16.2 Å². The first-order chi connectivity index (χ1) is 14.0. The fraction of sp³-hybridized carbons (Fsp3) is 0.143. The van der Waals surface area contributed by atoms with E-state index in [-0.39, 0.29) is 68.0 Å². The van der Waals surface area contributed by atoms with Gasteiger partial charge in [-0.05, 0) is 18.6 Å². The van der Waals surface area contributed by atoms with E-state index in [4.69, 9.17) is 14.3 Å². The van der Waals surface area contributed by atoms with Gasteiger partial charge in [-0.2, -0.15) is 0 Å². The van der Waals surface area contributed by atoms with Crippen LogP contribution >= 0.6 is 0 Å². The van der Waals surface area contributed by atoms with E-state index < -0.39 is 16.4 Å². The predicted molar refractivity (Wildman–Crippen MR) is 107 cm³/mol. The van der Waals surface area contributed by atoms with Crippen molar-refractivity contribution in [3.63, 3.8) is 0 Å². The van der Waals surface area contributed by atoms with E-state index in [1.165, 1.54) is 0 Å². The van der Waals surface area contributed by atoms with E-state index in [9.17, 15) is 14.9 Å². The van der Waals surface area contributed by atoms with Crippen molar-refractivity contribution >= 4 is 29.4 Å². The molecule has 2 heterocycles. The van der Waals surface area contributed by atoms with E-state index >= 15 is 0 Å². The molecule has 0 amide bonds. The molecule has 8 nitrogen and oxygen atoms in total. The molecule has 1 aliphatic heterocycles. The molecule has 0 aliphatic carbocycles. The maximum atomic E-state index is 12.7. The first-order valence-electron chi connectivity index (χ1n) is 8.87. The molecule has 3 aromatic rings. The van der Waals surface area contributed by atoms with Crippen LogP contribution in [0.15, 0.2) is 63.8 Å². The van der Waals surface area contributed by atoms with Crippen molar-refractivity contribution in [1.29, 1.82) is 0 Å². The summed E-state index contributed by atoms with van der Waals surface area (Å²) in [4.78, 5) is 31.3. The summed E-state index contributed by atoms with van der Waals surface area (Å²) in [6.07, 6.45) is 0.799. The van der Waals surface area contributed by atoms with Crippen molar-refractivity contribution in [3.05, 3.63) is 81.2 Å². The van der Waals surface area contributed by atoms with Crippen LogP contribution in [-0.2, 0) is 4.79 Å². The standard InChI is InChI=1S/C20H16N2O4.CH2O2.K/c1-2-13-22(18-11-12-19(21(24)25)26-20(18)23)16-9-5-3-7-14(16)15-8-4-6-10-17(15)22;2-1-3;/h3-10,12H,2,13H2,1H3;1H,(H,2,3);/q;;+1. The van der Waals surface area contributed by atoms with E-state index in [0.29, 0.717) is 6.54 Å². The SMILES string of the molecule is CCC[N+]1(c2[c-]cc([N+](=O)[O-])oc2=O)c2ccccc2-c2ccccc21.O=CO.[K+]. The van der Waals surface area contributed by atoms with Gasteiger partial charge in [0, 0.05) is 28.2 Å². The number of nitro groups is 1. The van der Waals surface area contributed by atoms with Gasteiger partial charge >= 0.3 is 57.3 Å². The number of fused-ring (bicyclic) bond motifs is 3. The molecule has 0 radical (unpaired) electrons. The van der Waals surface area contributed by atoms with Gasteiger partial charge < -0.3 is 14.3 Å². The Labute approximate surface area is 214 Å². The molecule has 0 bridgehead atoms. The number of nitrogens with zero attached hydrogens (tertiary/aromatic N) is 2. The van der Waals surface area contributed by atoms with E-state index in [1.54, 1.807) is 0 Å². The molecule has 0 unspecified atom stereocenters. The number of carboxylic acid groups (broad SMARTS) is 1. The smallest absolute Gasteiger partial charge is 0.487 e. The summed E-state index contributed by atoms with van der Waals surface area (Å²) < 4.78 is 5.14. The van der Waals surface area contributed by atoms with Gasteiger partial charge in [0.05, 0.1) is 6.54 Å². The van der Waals surface area contributed by atoms with Gasteiger partial charge in [-0.25, -0.2) is 4.48 Å². The van der Waals surface area contributed by atoms with Crippen LogP contribution in [0.3, 0.4) is 0 Å². The Morgan fingerprint density at radius 1 is 1.13 bits per heavy atom. The third kappa shape index (κ3) is 4.04. The third-order valence-electron chi connectivity index (χ3n) is 4.76. The second kappa shape index (κ2) is 10.2. The monoisotopic (exact) mass is 433 g/mol. The van der Waals surface area contributed by atoms with Gasteiger partial charge in [-0.3, -0.25) is 14.9 Å². The van der Waals surface area contributed by atoms with Crippen LogP contribution in [0.4, 0.5) is 22.9 Å². The van der Waals surface area contributed by atoms with Crippen molar-refractivity contribution in [2.75, 3.05) is 6.54 Å². The van der Waals surface area contributed by atoms with Crippen molar-refractivity contribution < 1.29 is 70.6 Å². The Kier molecular flexibility index (Phi) is 8.24. The molecule has 0 atom stereocenters. The molecular formula is C21H18KN2O6+. The second-order valence-corrected chi connectivity index (χ2v) is 6.30. The molecule has 2 aromatic carbocycles. The quantitative estimate of drug-likeness (QED) is 0.166. The normalized spacial score (nSPS) is 12.4. The van der Waals surface area contributed by atoms with Crippen LogP contribution in [0.1, 0.15) is 13.3 Å². The van der Waals surface area contributed by atoms with Gasteiger partial charge in [0.1, 0.15) is 17.1 Å². The number of carbonyl (C=O) groups is 1. The summed E-state index contributed by atoms with van der Waals surface area (Å²) in [5.74, 6) is -0.603. The molecule has 4 rings (SSSR count). The number of hydrogen-bond acceptors (Lipinski definition) is 5. The third-order valence-corrected chi connectivity index (χ3v) is 4.76. The molecule has 0 fully saturated rings. The van der Waals surface area contributed by atoms with Crippen LogP contribution in [0.5, 0.6) is 0 Å². The number of para-hydroxylation sites is 2. The van der Waals surface area contributed by atoms with E-state index in [0.717, 1.165) is 35.0 Å². The van der Waals surface area contributed by atoms with Crippen molar-refractivity contribution in [1.82, 2.24) is 4.48 Å². The Morgan fingerprint density at radius 3 is 2.07 bits per heavy atom. The van der Waals surface area contributed by atoms with Crippen LogP contribution in [0.25, 0.3) is 11.1 Å². The molecule has 0 saturated heterocycles. The Balaban J connectivity index is 0.000000757. The molecule has 148 valence electrons. The maximum Gasteiger partial charge on any atom is 1.00 e. The van der Waals surface area contributed by atoms with Crippen molar-refractivity contribution in [2.24, 2.45) is 0 Å². The second-order valence-electron chi connectivity index (χ2n) is 6.30. The minimum Gasteiger partial charge on any atom is -0.487 e. The van der Waals surface area contributed by atoms with E-state index in [2.05, 4.69) is 6.07 Å². The average molecular weight is 433 g/mol. The fourth-order valence-electron chi connectivity index (χ4n) is 3.85. The minimum atomic E-state index is -0.737. The summed E-state index contributed by atoms with van der Waals surface area (Å²) in [5.41, 5.74) is 3.51. The Hall–Kier alpha value is -2.14. The molecule has 9 heteroatoms. The van der Waals surface area contributed by atoms with Gasteiger partial charge in [0.2, 0.25) is 0 Å². The zero-order valence-electron chi connectivity index (χ0n) is 16.6. The zero-order chi connectivity index (χ0) is 21.0. The first kappa shape index (κ1) is 24.1. The van der Waals surface area contributed by atoms with Gasteiger partial charge in [-0.15, -0.1) is 6.07 Å². The summed E-state index contributed by atoms with van der Waals surface area (Å²) in [7, 11) is 0. The predicted octanol–water partition coefficient (Wildman–Crippen LogP) is 1.41. The molecule has 1 N–H and O–H groups in total. The molecule has 0 spiro atoms. The Morgan fingerprint density at radius 2 is 1.63 bits per heavy atom. The first-order valence-corrected chi connectivity index (χ1v) is 8.87. The molecule has 0 saturated carbocycles. The van der Waals surface area contributed by atoms with Crippen LogP contribution in [-0.4, -0.2) is 23.0 Å². The fourth-order valence-corrected chi connectivity index (χ4v) is 3.85. The number of hydrogen-bond donors (Lipinski definition) is 1. The van der Waals surface area contributed by atoms with Gasteiger partial charge in [-0.1, -0.05) is 37.3 Å². The topological polar surface area (TPSA) is 111 Å². The summed E-state index contributed by atoms with van der Waals surface area (Å²) in [5, 5.41) is 17.8. The van der Waals surface area contributed by atoms with Crippen molar-refractivity contribution in [2.45, 2.75) is 13.3 Å². The maximum absolute atomic E-state index is 12.7.